The summed E-state index contributed by atoms with van der Waals surface area (Å²) in [5.74, 6) is -0.203. The average molecular weight is 601 g/mol. The number of halogens is 2. The van der Waals surface area contributed by atoms with Gasteiger partial charge in [0.25, 0.3) is 0 Å². The number of methoxy groups -OCH3 is 2. The largest absolute Gasteiger partial charge is 0.497 e. The van der Waals surface area contributed by atoms with E-state index < -0.39 is 28.5 Å². The molecule has 0 bridgehead atoms. The first kappa shape index (κ1) is 30.8. The third kappa shape index (κ3) is 7.93. The molecule has 1 fully saturated rings. The summed E-state index contributed by atoms with van der Waals surface area (Å²) in [6.45, 7) is 1.28. The molecule has 1 atom stereocenters. The van der Waals surface area contributed by atoms with E-state index >= 15 is 0 Å². The second-order valence-electron chi connectivity index (χ2n) is 9.49. The number of nitrogens with zero attached hydrogens (tertiary/aromatic N) is 2. The van der Waals surface area contributed by atoms with Crippen molar-refractivity contribution < 1.29 is 27.5 Å². The number of carbonyl (C=O) groups excluding carboxylic acids is 2. The van der Waals surface area contributed by atoms with Crippen LogP contribution in [0.15, 0.2) is 36.4 Å². The van der Waals surface area contributed by atoms with E-state index in [-0.39, 0.29) is 29.9 Å². The molecule has 1 unspecified atom stereocenters. The highest BCUT2D eigenvalue weighted by Crippen LogP contribution is 2.34. The molecule has 2 aromatic carbocycles. The Hall–Kier alpha value is -2.69. The summed E-state index contributed by atoms with van der Waals surface area (Å²) in [5.41, 5.74) is 0.792. The van der Waals surface area contributed by atoms with Crippen LogP contribution in [0.3, 0.4) is 0 Å². The van der Waals surface area contributed by atoms with Gasteiger partial charge in [0.05, 0.1) is 36.2 Å². The Labute approximate surface area is 240 Å². The van der Waals surface area contributed by atoms with Crippen LogP contribution in [0.25, 0.3) is 0 Å². The Morgan fingerprint density at radius 1 is 1.05 bits per heavy atom. The Bertz CT molecular complexity index is 1280. The highest BCUT2D eigenvalue weighted by Gasteiger charge is 2.34. The van der Waals surface area contributed by atoms with Crippen molar-refractivity contribution in [2.75, 3.05) is 31.3 Å². The van der Waals surface area contributed by atoms with E-state index in [1.807, 2.05) is 6.92 Å². The molecule has 1 N–H and O–H groups in total. The molecule has 214 valence electrons. The molecule has 2 aromatic rings. The summed E-state index contributed by atoms with van der Waals surface area (Å²) in [6, 6.07) is 8.87. The Morgan fingerprint density at radius 3 is 2.31 bits per heavy atom. The van der Waals surface area contributed by atoms with Crippen LogP contribution in [0, 0.1) is 0 Å². The monoisotopic (exact) mass is 599 g/mol. The van der Waals surface area contributed by atoms with Crippen LogP contribution in [-0.4, -0.2) is 64.2 Å². The molecule has 0 aliphatic heterocycles. The van der Waals surface area contributed by atoms with Crippen LogP contribution in [0.2, 0.25) is 10.0 Å². The summed E-state index contributed by atoms with van der Waals surface area (Å²) >= 11 is 12.3. The molecule has 39 heavy (non-hydrogen) atoms. The van der Waals surface area contributed by atoms with Gasteiger partial charge < -0.3 is 19.7 Å². The number of hydrogen-bond donors (Lipinski definition) is 1. The van der Waals surface area contributed by atoms with E-state index in [0.29, 0.717) is 27.8 Å². The maximum absolute atomic E-state index is 13.9. The standard InChI is InChI=1S/C27H35Cl2N3O6S/c1-5-23(27(34)30-19-8-6-7-9-19)31(16-18-10-12-21(28)22(29)14-18)26(33)17-32(39(4,35)36)24-15-20(37-2)11-13-25(24)38-3/h10-15,19,23H,5-9,16-17H2,1-4H3,(H,30,34). The summed E-state index contributed by atoms with van der Waals surface area (Å²) in [5, 5.41) is 3.74. The number of nitrogens with one attached hydrogen (secondary N) is 1. The first-order chi connectivity index (χ1) is 18.5. The van der Waals surface area contributed by atoms with Gasteiger partial charge in [-0.3, -0.25) is 13.9 Å². The van der Waals surface area contributed by atoms with Crippen molar-refractivity contribution in [3.8, 4) is 11.5 Å². The number of anilines is 1. The number of rotatable bonds is 12. The Kier molecular flexibility index (Phi) is 10.7. The van der Waals surface area contributed by atoms with Crippen LogP contribution in [0.1, 0.15) is 44.6 Å². The van der Waals surface area contributed by atoms with Crippen LogP contribution >= 0.6 is 23.2 Å². The highest BCUT2D eigenvalue weighted by molar-refractivity contribution is 7.92. The van der Waals surface area contributed by atoms with Gasteiger partial charge in [0.15, 0.2) is 0 Å². The molecular weight excluding hydrogens is 565 g/mol. The van der Waals surface area contributed by atoms with E-state index in [9.17, 15) is 18.0 Å². The van der Waals surface area contributed by atoms with Crippen molar-refractivity contribution in [2.45, 2.75) is 57.7 Å². The molecule has 2 amide bonds. The number of ether oxygens (including phenoxy) is 2. The van der Waals surface area contributed by atoms with Gasteiger partial charge in [0.2, 0.25) is 21.8 Å². The Balaban J connectivity index is 2.00. The number of hydrogen-bond acceptors (Lipinski definition) is 6. The zero-order chi connectivity index (χ0) is 28.7. The highest BCUT2D eigenvalue weighted by atomic mass is 35.5. The van der Waals surface area contributed by atoms with Gasteiger partial charge in [-0.1, -0.05) is 49.0 Å². The van der Waals surface area contributed by atoms with Gasteiger partial charge in [-0.25, -0.2) is 8.42 Å². The number of sulfonamides is 1. The second-order valence-corrected chi connectivity index (χ2v) is 12.2. The lowest BCUT2D eigenvalue weighted by Crippen LogP contribution is -2.53. The van der Waals surface area contributed by atoms with Crippen molar-refractivity contribution in [1.29, 1.82) is 0 Å². The smallest absolute Gasteiger partial charge is 0.244 e. The van der Waals surface area contributed by atoms with Crippen molar-refractivity contribution in [3.63, 3.8) is 0 Å². The fourth-order valence-electron chi connectivity index (χ4n) is 4.71. The van der Waals surface area contributed by atoms with Crippen molar-refractivity contribution in [3.05, 3.63) is 52.0 Å². The summed E-state index contributed by atoms with van der Waals surface area (Å²) in [4.78, 5) is 28.7. The lowest BCUT2D eigenvalue weighted by atomic mass is 10.1. The first-order valence-electron chi connectivity index (χ1n) is 12.7. The molecule has 0 saturated heterocycles. The molecule has 0 radical (unpaired) electrons. The third-order valence-electron chi connectivity index (χ3n) is 6.76. The topological polar surface area (TPSA) is 105 Å². The zero-order valence-corrected chi connectivity index (χ0v) is 24.9. The number of amides is 2. The molecule has 12 heteroatoms. The second kappa shape index (κ2) is 13.6. The SMILES string of the molecule is CCC(C(=O)NC1CCCC1)N(Cc1ccc(Cl)c(Cl)c1)C(=O)CN(c1cc(OC)ccc1OC)S(C)(=O)=O. The van der Waals surface area contributed by atoms with Crippen LogP contribution in [0.5, 0.6) is 11.5 Å². The molecule has 1 saturated carbocycles. The summed E-state index contributed by atoms with van der Waals surface area (Å²) < 4.78 is 37.5. The van der Waals surface area contributed by atoms with Crippen LogP contribution in [0.4, 0.5) is 5.69 Å². The molecule has 1 aliphatic rings. The quantitative estimate of drug-likeness (QED) is 0.381. The minimum Gasteiger partial charge on any atom is -0.497 e. The summed E-state index contributed by atoms with van der Waals surface area (Å²) in [7, 11) is -1.09. The molecule has 0 spiro atoms. The number of benzene rings is 2. The Morgan fingerprint density at radius 2 is 1.74 bits per heavy atom. The molecule has 1 aliphatic carbocycles. The van der Waals surface area contributed by atoms with Crippen molar-refractivity contribution in [1.82, 2.24) is 10.2 Å². The lowest BCUT2D eigenvalue weighted by molar-refractivity contribution is -0.140. The molecule has 0 aromatic heterocycles. The van der Waals surface area contributed by atoms with Gasteiger partial charge in [0.1, 0.15) is 24.1 Å². The van der Waals surface area contributed by atoms with Crippen molar-refractivity contribution in [2.24, 2.45) is 0 Å². The first-order valence-corrected chi connectivity index (χ1v) is 15.3. The van der Waals surface area contributed by atoms with Gasteiger partial charge in [0, 0.05) is 18.7 Å². The minimum absolute atomic E-state index is 0.0269. The molecule has 9 nitrogen and oxygen atoms in total. The normalized spacial score (nSPS) is 14.5. The van der Waals surface area contributed by atoms with E-state index in [1.165, 1.54) is 25.2 Å². The average Bonchev–Trinajstić information content (AvgIpc) is 3.41. The van der Waals surface area contributed by atoms with Crippen LogP contribution in [-0.2, 0) is 26.2 Å². The molecule has 3 rings (SSSR count). The van der Waals surface area contributed by atoms with Gasteiger partial charge in [-0.05, 0) is 49.1 Å². The zero-order valence-electron chi connectivity index (χ0n) is 22.6. The van der Waals surface area contributed by atoms with E-state index in [0.717, 1.165) is 36.2 Å². The third-order valence-corrected chi connectivity index (χ3v) is 8.62. The lowest BCUT2D eigenvalue weighted by Gasteiger charge is -2.33. The number of carbonyl (C=O) groups is 2. The fourth-order valence-corrected chi connectivity index (χ4v) is 5.87. The van der Waals surface area contributed by atoms with Gasteiger partial charge >= 0.3 is 0 Å². The van der Waals surface area contributed by atoms with E-state index in [4.69, 9.17) is 32.7 Å². The van der Waals surface area contributed by atoms with Gasteiger partial charge in [-0.2, -0.15) is 0 Å². The minimum atomic E-state index is -3.95. The predicted octanol–water partition coefficient (Wildman–Crippen LogP) is 4.64. The molecular formula is C27H35Cl2N3O6S. The van der Waals surface area contributed by atoms with Crippen LogP contribution < -0.4 is 19.1 Å². The summed E-state index contributed by atoms with van der Waals surface area (Å²) in [6.07, 6.45) is 5.19. The fraction of sp³-hybridized carbons (Fsp3) is 0.481. The predicted molar refractivity (Wildman–Crippen MR) is 153 cm³/mol. The van der Waals surface area contributed by atoms with Gasteiger partial charge in [-0.15, -0.1) is 0 Å². The van der Waals surface area contributed by atoms with E-state index in [1.54, 1.807) is 30.3 Å². The maximum atomic E-state index is 13.9. The maximum Gasteiger partial charge on any atom is 0.244 e. The van der Waals surface area contributed by atoms with E-state index in [2.05, 4.69) is 5.32 Å². The molecule has 0 heterocycles. The van der Waals surface area contributed by atoms with Crippen molar-refractivity contribution >= 4 is 50.7 Å².